The Balaban J connectivity index is 1.55. The van der Waals surface area contributed by atoms with Crippen LogP contribution in [0.3, 0.4) is 0 Å². The van der Waals surface area contributed by atoms with Gasteiger partial charge in [0.2, 0.25) is 0 Å². The summed E-state index contributed by atoms with van der Waals surface area (Å²) >= 11 is 0. The Kier molecular flexibility index (Phi) is 5.94. The van der Waals surface area contributed by atoms with Crippen LogP contribution in [-0.4, -0.2) is 35.4 Å². The van der Waals surface area contributed by atoms with Crippen LogP contribution in [0, 0.1) is 22.0 Å². The van der Waals surface area contributed by atoms with Crippen LogP contribution in [0.4, 0.5) is 5.69 Å². The second-order valence-electron chi connectivity index (χ2n) is 8.47. The van der Waals surface area contributed by atoms with Crippen LogP contribution >= 0.6 is 0 Å². The van der Waals surface area contributed by atoms with Crippen LogP contribution in [0.25, 0.3) is 22.1 Å². The average Bonchev–Trinajstić information content (AvgIpc) is 2.76. The van der Waals surface area contributed by atoms with Gasteiger partial charge in [0.15, 0.2) is 6.61 Å². The van der Waals surface area contributed by atoms with Crippen molar-refractivity contribution in [1.29, 1.82) is 0 Å². The van der Waals surface area contributed by atoms with E-state index in [1.54, 1.807) is 30.3 Å². The highest BCUT2D eigenvalue weighted by Gasteiger charge is 2.25. The fourth-order valence-electron chi connectivity index (χ4n) is 4.34. The van der Waals surface area contributed by atoms with Crippen molar-refractivity contribution in [3.05, 3.63) is 69.1 Å². The Labute approximate surface area is 184 Å². The molecule has 166 valence electrons. The summed E-state index contributed by atoms with van der Waals surface area (Å²) < 4.78 is 11.0. The van der Waals surface area contributed by atoms with E-state index >= 15 is 0 Å². The zero-order chi connectivity index (χ0) is 22.8. The molecule has 1 fully saturated rings. The number of benzene rings is 2. The van der Waals surface area contributed by atoms with Gasteiger partial charge < -0.3 is 14.1 Å². The molecule has 32 heavy (non-hydrogen) atoms. The minimum atomic E-state index is -0.546. The summed E-state index contributed by atoms with van der Waals surface area (Å²) in [4.78, 5) is 37.0. The number of ether oxygens (including phenoxy) is 1. The van der Waals surface area contributed by atoms with E-state index in [0.717, 1.165) is 19.5 Å². The second kappa shape index (κ2) is 8.82. The Morgan fingerprint density at radius 1 is 1.12 bits per heavy atom. The molecule has 0 saturated carbocycles. The number of fused-ring (bicyclic) bond motifs is 1. The SMILES string of the molecule is CC1CC(C)CN(C(=O)COc2ccc3c(-c4ccc([N+](=O)[O-])cc4)cc(=O)oc3c2)C1. The first-order chi connectivity index (χ1) is 15.3. The lowest BCUT2D eigenvalue weighted by Crippen LogP contribution is -2.44. The van der Waals surface area contributed by atoms with Crippen molar-refractivity contribution in [1.82, 2.24) is 4.90 Å². The molecule has 1 amide bonds. The number of nitrogens with zero attached hydrogens (tertiary/aromatic N) is 2. The van der Waals surface area contributed by atoms with Crippen LogP contribution in [0.2, 0.25) is 0 Å². The van der Waals surface area contributed by atoms with E-state index in [2.05, 4.69) is 13.8 Å². The number of carbonyl (C=O) groups is 1. The number of non-ortho nitro benzene ring substituents is 1. The number of likely N-dealkylation sites (tertiary alicyclic amines) is 1. The summed E-state index contributed by atoms with van der Waals surface area (Å²) in [5.74, 6) is 1.29. The Morgan fingerprint density at radius 3 is 2.47 bits per heavy atom. The summed E-state index contributed by atoms with van der Waals surface area (Å²) in [7, 11) is 0. The number of nitro benzene ring substituents is 1. The standard InChI is InChI=1S/C24H24N2O6/c1-15-9-16(2)13-25(12-15)23(27)14-31-19-7-8-20-21(11-24(28)32-22(20)10-19)17-3-5-18(6-4-17)26(29)30/h3-8,10-11,15-16H,9,12-14H2,1-2H3. The van der Waals surface area contributed by atoms with E-state index < -0.39 is 10.5 Å². The van der Waals surface area contributed by atoms with E-state index in [4.69, 9.17) is 9.15 Å². The maximum Gasteiger partial charge on any atom is 0.336 e. The molecule has 0 radical (unpaired) electrons. The highest BCUT2D eigenvalue weighted by molar-refractivity contribution is 5.94. The van der Waals surface area contributed by atoms with Crippen molar-refractivity contribution in [3.63, 3.8) is 0 Å². The van der Waals surface area contributed by atoms with Crippen LogP contribution in [-0.2, 0) is 4.79 Å². The summed E-state index contributed by atoms with van der Waals surface area (Å²) in [6.45, 7) is 5.67. The van der Waals surface area contributed by atoms with Crippen molar-refractivity contribution in [2.45, 2.75) is 20.3 Å². The van der Waals surface area contributed by atoms with E-state index in [-0.39, 0.29) is 18.2 Å². The first kappa shape index (κ1) is 21.5. The number of amides is 1. The fraction of sp³-hybridized carbons (Fsp3) is 0.333. The van der Waals surface area contributed by atoms with Crippen LogP contribution in [0.5, 0.6) is 5.75 Å². The molecule has 2 aromatic carbocycles. The molecule has 8 heteroatoms. The van der Waals surface area contributed by atoms with Crippen LogP contribution in [0.15, 0.2) is 57.7 Å². The van der Waals surface area contributed by atoms with Gasteiger partial charge in [0.1, 0.15) is 11.3 Å². The summed E-state index contributed by atoms with van der Waals surface area (Å²) in [5.41, 5.74) is 1.00. The molecule has 1 saturated heterocycles. The Morgan fingerprint density at radius 2 is 1.81 bits per heavy atom. The van der Waals surface area contributed by atoms with Crippen molar-refractivity contribution < 1.29 is 18.9 Å². The lowest BCUT2D eigenvalue weighted by molar-refractivity contribution is -0.384. The maximum atomic E-state index is 12.6. The van der Waals surface area contributed by atoms with Crippen LogP contribution in [0.1, 0.15) is 20.3 Å². The van der Waals surface area contributed by atoms with Crippen molar-refractivity contribution >= 4 is 22.6 Å². The van der Waals surface area contributed by atoms with Gasteiger partial charge in [-0.1, -0.05) is 13.8 Å². The number of rotatable bonds is 5. The molecule has 1 aliphatic rings. The average molecular weight is 436 g/mol. The molecule has 1 aromatic heterocycles. The molecule has 8 nitrogen and oxygen atoms in total. The number of carbonyl (C=O) groups excluding carboxylic acids is 1. The molecule has 2 heterocycles. The highest BCUT2D eigenvalue weighted by atomic mass is 16.6. The minimum Gasteiger partial charge on any atom is -0.484 e. The van der Waals surface area contributed by atoms with Crippen molar-refractivity contribution in [2.75, 3.05) is 19.7 Å². The molecule has 2 unspecified atom stereocenters. The quantitative estimate of drug-likeness (QED) is 0.336. The third-order valence-electron chi connectivity index (χ3n) is 5.69. The molecular formula is C24H24N2O6. The van der Waals surface area contributed by atoms with E-state index in [0.29, 0.717) is 39.7 Å². The number of hydrogen-bond acceptors (Lipinski definition) is 6. The molecule has 3 aromatic rings. The topological polar surface area (TPSA) is 103 Å². The molecule has 0 spiro atoms. The zero-order valence-electron chi connectivity index (χ0n) is 17.9. The lowest BCUT2D eigenvalue weighted by Gasteiger charge is -2.34. The zero-order valence-corrected chi connectivity index (χ0v) is 17.9. The fourth-order valence-corrected chi connectivity index (χ4v) is 4.34. The predicted octanol–water partition coefficient (Wildman–Crippen LogP) is 4.25. The number of hydrogen-bond donors (Lipinski definition) is 0. The van der Waals surface area contributed by atoms with Gasteiger partial charge in [0.25, 0.3) is 11.6 Å². The maximum absolute atomic E-state index is 12.6. The smallest absolute Gasteiger partial charge is 0.336 e. The van der Waals surface area contributed by atoms with Crippen LogP contribution < -0.4 is 10.4 Å². The number of piperidine rings is 1. The van der Waals surface area contributed by atoms with Gasteiger partial charge >= 0.3 is 5.63 Å². The summed E-state index contributed by atoms with van der Waals surface area (Å²) in [6.07, 6.45) is 1.12. The van der Waals surface area contributed by atoms with Gasteiger partial charge in [-0.05, 0) is 53.6 Å². The Hall–Kier alpha value is -3.68. The summed E-state index contributed by atoms with van der Waals surface area (Å²) in [5, 5.41) is 11.6. The van der Waals surface area contributed by atoms with Gasteiger partial charge in [-0.3, -0.25) is 14.9 Å². The predicted molar refractivity (Wildman–Crippen MR) is 120 cm³/mol. The van der Waals surface area contributed by atoms with E-state index in [1.165, 1.54) is 18.2 Å². The normalized spacial score (nSPS) is 18.5. The van der Waals surface area contributed by atoms with E-state index in [1.807, 2.05) is 4.90 Å². The largest absolute Gasteiger partial charge is 0.484 e. The third kappa shape index (κ3) is 4.64. The highest BCUT2D eigenvalue weighted by Crippen LogP contribution is 2.31. The van der Waals surface area contributed by atoms with Gasteiger partial charge in [-0.25, -0.2) is 4.79 Å². The van der Waals surface area contributed by atoms with Gasteiger partial charge in [0.05, 0.1) is 4.92 Å². The van der Waals surface area contributed by atoms with Gasteiger partial charge in [-0.2, -0.15) is 0 Å². The molecule has 1 aliphatic heterocycles. The first-order valence-corrected chi connectivity index (χ1v) is 10.5. The first-order valence-electron chi connectivity index (χ1n) is 10.5. The Bertz CT molecular complexity index is 1210. The molecule has 0 N–H and O–H groups in total. The molecule has 0 bridgehead atoms. The summed E-state index contributed by atoms with van der Waals surface area (Å²) in [6, 6.07) is 12.4. The van der Waals surface area contributed by atoms with Gasteiger partial charge in [-0.15, -0.1) is 0 Å². The number of nitro groups is 1. The molecule has 2 atom stereocenters. The van der Waals surface area contributed by atoms with Crippen molar-refractivity contribution in [2.24, 2.45) is 11.8 Å². The monoisotopic (exact) mass is 436 g/mol. The molecule has 4 rings (SSSR count). The molecular weight excluding hydrogens is 412 g/mol. The lowest BCUT2D eigenvalue weighted by atomic mass is 9.92. The molecule has 0 aliphatic carbocycles. The van der Waals surface area contributed by atoms with Crippen molar-refractivity contribution in [3.8, 4) is 16.9 Å². The van der Waals surface area contributed by atoms with Gasteiger partial charge in [0, 0.05) is 42.7 Å². The second-order valence-corrected chi connectivity index (χ2v) is 8.47. The van der Waals surface area contributed by atoms with E-state index in [9.17, 15) is 19.7 Å². The minimum absolute atomic E-state index is 0.0288. The third-order valence-corrected chi connectivity index (χ3v) is 5.69.